The molecule has 0 unspecified atom stereocenters. The normalized spacial score (nSPS) is 10.5. The molecule has 0 aliphatic rings. The molecule has 0 saturated carbocycles. The average molecular weight is 327 g/mol. The van der Waals surface area contributed by atoms with Crippen LogP contribution in [-0.2, 0) is 11.3 Å². The Morgan fingerprint density at radius 1 is 1.21 bits per heavy atom. The van der Waals surface area contributed by atoms with E-state index in [4.69, 9.17) is 9.47 Å². The maximum Gasteiger partial charge on any atom is 0.407 e. The summed E-state index contributed by atoms with van der Waals surface area (Å²) in [6.07, 6.45) is 3.16. The van der Waals surface area contributed by atoms with Gasteiger partial charge in [-0.3, -0.25) is 0 Å². The lowest BCUT2D eigenvalue weighted by atomic mass is 10.2. The van der Waals surface area contributed by atoms with Crippen molar-refractivity contribution in [1.82, 2.24) is 5.32 Å². The molecule has 24 heavy (non-hydrogen) atoms. The molecule has 0 radical (unpaired) electrons. The largest absolute Gasteiger partial charge is 0.504 e. The van der Waals surface area contributed by atoms with Crippen molar-refractivity contribution in [2.45, 2.75) is 13.5 Å². The number of nitrogens with one attached hydrogen (secondary N) is 1. The molecule has 2 aromatic carbocycles. The molecule has 2 N–H and O–H groups in total. The summed E-state index contributed by atoms with van der Waals surface area (Å²) < 4.78 is 10.4. The molecule has 0 heterocycles. The zero-order valence-electron chi connectivity index (χ0n) is 13.6. The van der Waals surface area contributed by atoms with Gasteiger partial charge in [0.2, 0.25) is 0 Å². The molecule has 126 valence electrons. The fourth-order valence-electron chi connectivity index (χ4n) is 2.02. The lowest BCUT2D eigenvalue weighted by molar-refractivity contribution is 0.141. The fraction of sp³-hybridized carbons (Fsp3) is 0.211. The number of ether oxygens (including phenoxy) is 2. The quantitative estimate of drug-likeness (QED) is 0.813. The minimum absolute atomic E-state index is 0.108. The summed E-state index contributed by atoms with van der Waals surface area (Å²) in [4.78, 5) is 11.6. The van der Waals surface area contributed by atoms with E-state index >= 15 is 0 Å². The van der Waals surface area contributed by atoms with Gasteiger partial charge in [-0.15, -0.1) is 0 Å². The van der Waals surface area contributed by atoms with Gasteiger partial charge in [0.05, 0.1) is 6.61 Å². The van der Waals surface area contributed by atoms with E-state index in [-0.39, 0.29) is 12.4 Å². The van der Waals surface area contributed by atoms with Gasteiger partial charge in [-0.05, 0) is 30.2 Å². The molecule has 1 amide bonds. The number of phenolic OH excluding ortho intramolecular Hbond substituents is 1. The van der Waals surface area contributed by atoms with Crippen LogP contribution in [0.5, 0.6) is 11.5 Å². The van der Waals surface area contributed by atoms with Crippen LogP contribution in [-0.4, -0.2) is 24.4 Å². The molecular weight excluding hydrogens is 306 g/mol. The number of aromatic hydroxyl groups is 1. The van der Waals surface area contributed by atoms with Gasteiger partial charge in [-0.1, -0.05) is 48.6 Å². The summed E-state index contributed by atoms with van der Waals surface area (Å²) >= 11 is 0. The lowest BCUT2D eigenvalue weighted by Crippen LogP contribution is -2.24. The van der Waals surface area contributed by atoms with Crippen LogP contribution < -0.4 is 10.1 Å². The predicted octanol–water partition coefficient (Wildman–Crippen LogP) is 3.73. The smallest absolute Gasteiger partial charge is 0.407 e. The van der Waals surface area contributed by atoms with Crippen molar-refractivity contribution >= 4 is 12.2 Å². The zero-order chi connectivity index (χ0) is 17.2. The first-order valence-electron chi connectivity index (χ1n) is 7.76. The molecular formula is C19H21NO4. The van der Waals surface area contributed by atoms with Crippen LogP contribution in [0.1, 0.15) is 18.1 Å². The van der Waals surface area contributed by atoms with Crippen molar-refractivity contribution in [2.24, 2.45) is 0 Å². The van der Waals surface area contributed by atoms with Crippen molar-refractivity contribution in [3.63, 3.8) is 0 Å². The molecule has 2 rings (SSSR count). The Morgan fingerprint density at radius 3 is 2.75 bits per heavy atom. The van der Waals surface area contributed by atoms with E-state index in [1.54, 1.807) is 24.3 Å². The topological polar surface area (TPSA) is 67.8 Å². The number of hydrogen-bond donors (Lipinski definition) is 2. The van der Waals surface area contributed by atoms with Gasteiger partial charge in [0.15, 0.2) is 11.5 Å². The maximum atomic E-state index is 11.6. The molecule has 0 saturated heterocycles. The molecule has 0 aliphatic carbocycles. The third-order valence-corrected chi connectivity index (χ3v) is 3.17. The summed E-state index contributed by atoms with van der Waals surface area (Å²) in [5, 5.41) is 12.3. The molecule has 0 aromatic heterocycles. The van der Waals surface area contributed by atoms with Crippen LogP contribution in [0.4, 0.5) is 4.79 Å². The number of alkyl carbamates (subject to hydrolysis) is 1. The van der Waals surface area contributed by atoms with E-state index in [1.165, 1.54) is 0 Å². The van der Waals surface area contributed by atoms with Crippen LogP contribution in [0.3, 0.4) is 0 Å². The van der Waals surface area contributed by atoms with Crippen molar-refractivity contribution in [3.05, 3.63) is 65.7 Å². The highest BCUT2D eigenvalue weighted by Gasteiger charge is 2.02. The highest BCUT2D eigenvalue weighted by molar-refractivity contribution is 5.67. The number of carbonyl (C=O) groups is 1. The van der Waals surface area contributed by atoms with Gasteiger partial charge < -0.3 is 19.9 Å². The van der Waals surface area contributed by atoms with E-state index in [1.807, 2.05) is 43.3 Å². The summed E-state index contributed by atoms with van der Waals surface area (Å²) in [5.41, 5.74) is 1.81. The Labute approximate surface area is 141 Å². The number of phenols is 1. The van der Waals surface area contributed by atoms with Crippen molar-refractivity contribution < 1.29 is 19.4 Å². The van der Waals surface area contributed by atoms with Gasteiger partial charge in [-0.25, -0.2) is 4.79 Å². The van der Waals surface area contributed by atoms with Crippen LogP contribution in [0.2, 0.25) is 0 Å². The van der Waals surface area contributed by atoms with Crippen molar-refractivity contribution in [1.29, 1.82) is 0 Å². The van der Waals surface area contributed by atoms with Crippen molar-refractivity contribution in [3.8, 4) is 11.5 Å². The molecule has 5 heteroatoms. The van der Waals surface area contributed by atoms with Crippen LogP contribution >= 0.6 is 0 Å². The number of rotatable bonds is 7. The van der Waals surface area contributed by atoms with Gasteiger partial charge in [0, 0.05) is 6.54 Å². The molecule has 0 aliphatic heterocycles. The molecule has 0 fully saturated rings. The highest BCUT2D eigenvalue weighted by atomic mass is 16.5. The second-order valence-electron chi connectivity index (χ2n) is 5.01. The van der Waals surface area contributed by atoms with E-state index in [2.05, 4.69) is 5.32 Å². The Balaban J connectivity index is 1.76. The van der Waals surface area contributed by atoms with Gasteiger partial charge in [0.25, 0.3) is 0 Å². The third-order valence-electron chi connectivity index (χ3n) is 3.17. The van der Waals surface area contributed by atoms with Crippen LogP contribution in [0.15, 0.2) is 54.6 Å². The lowest BCUT2D eigenvalue weighted by Gasteiger charge is -2.06. The van der Waals surface area contributed by atoms with E-state index in [0.29, 0.717) is 18.9 Å². The first kappa shape index (κ1) is 17.4. The summed E-state index contributed by atoms with van der Waals surface area (Å²) in [6, 6.07) is 14.6. The Bertz CT molecular complexity index is 683. The van der Waals surface area contributed by atoms with Crippen LogP contribution in [0, 0.1) is 0 Å². The van der Waals surface area contributed by atoms with E-state index in [9.17, 15) is 9.90 Å². The first-order chi connectivity index (χ1) is 11.7. The second kappa shape index (κ2) is 9.25. The number of benzene rings is 2. The molecule has 0 spiro atoms. The maximum absolute atomic E-state index is 11.6. The van der Waals surface area contributed by atoms with Crippen molar-refractivity contribution in [2.75, 3.05) is 13.2 Å². The van der Waals surface area contributed by atoms with E-state index in [0.717, 1.165) is 11.1 Å². The third kappa shape index (κ3) is 5.68. The predicted molar refractivity (Wildman–Crippen MR) is 92.9 cm³/mol. The first-order valence-corrected chi connectivity index (χ1v) is 7.76. The second-order valence-corrected chi connectivity index (χ2v) is 5.01. The SMILES string of the molecule is CCOc1cc(C=CCNC(=O)OCc2ccccc2)ccc1O. The number of carbonyl (C=O) groups excluding carboxylic acids is 1. The fourth-order valence-corrected chi connectivity index (χ4v) is 2.02. The van der Waals surface area contributed by atoms with Gasteiger partial charge in [-0.2, -0.15) is 0 Å². The molecule has 0 bridgehead atoms. The van der Waals surface area contributed by atoms with E-state index < -0.39 is 6.09 Å². The minimum atomic E-state index is -0.468. The highest BCUT2D eigenvalue weighted by Crippen LogP contribution is 2.27. The monoisotopic (exact) mass is 327 g/mol. The summed E-state index contributed by atoms with van der Waals surface area (Å²) in [5.74, 6) is 0.548. The van der Waals surface area contributed by atoms with Gasteiger partial charge in [0.1, 0.15) is 6.61 Å². The zero-order valence-corrected chi connectivity index (χ0v) is 13.6. The Morgan fingerprint density at radius 2 is 2.00 bits per heavy atom. The Hall–Kier alpha value is -2.95. The minimum Gasteiger partial charge on any atom is -0.504 e. The Kier molecular flexibility index (Phi) is 6.71. The molecule has 5 nitrogen and oxygen atoms in total. The summed E-state index contributed by atoms with van der Waals surface area (Å²) in [7, 11) is 0. The number of amides is 1. The molecule has 0 atom stereocenters. The van der Waals surface area contributed by atoms with Crippen LogP contribution in [0.25, 0.3) is 6.08 Å². The van der Waals surface area contributed by atoms with Gasteiger partial charge >= 0.3 is 6.09 Å². The number of hydrogen-bond acceptors (Lipinski definition) is 4. The molecule has 2 aromatic rings. The standard InChI is InChI=1S/C19H21NO4/c1-2-23-18-13-15(10-11-17(18)21)9-6-12-20-19(22)24-14-16-7-4-3-5-8-16/h3-11,13,21H,2,12,14H2,1H3,(H,20,22). The summed E-state index contributed by atoms with van der Waals surface area (Å²) in [6.45, 7) is 2.92. The average Bonchev–Trinajstić information content (AvgIpc) is 2.60.